The second-order valence-corrected chi connectivity index (χ2v) is 5.09. The van der Waals surface area contributed by atoms with Crippen molar-refractivity contribution >= 4 is 34.4 Å². The fourth-order valence-corrected chi connectivity index (χ4v) is 2.50. The predicted octanol–water partition coefficient (Wildman–Crippen LogP) is 1.51. The van der Waals surface area contributed by atoms with Gasteiger partial charge in [-0.15, -0.1) is 0 Å². The molecule has 6 nitrogen and oxygen atoms in total. The SMILES string of the molecule is CCOC(=O)C(=O)Cn1c(SC)nc2c(F)cccc2c1=N. The Kier molecular flexibility index (Phi) is 4.92. The molecule has 0 aliphatic heterocycles. The summed E-state index contributed by atoms with van der Waals surface area (Å²) in [7, 11) is 0. The van der Waals surface area contributed by atoms with E-state index in [-0.39, 0.29) is 34.7 Å². The maximum Gasteiger partial charge on any atom is 0.376 e. The Morgan fingerprint density at radius 1 is 1.45 bits per heavy atom. The molecule has 2 rings (SSSR count). The van der Waals surface area contributed by atoms with Gasteiger partial charge in [-0.1, -0.05) is 17.8 Å². The van der Waals surface area contributed by atoms with Crippen LogP contribution >= 0.6 is 11.8 Å². The highest BCUT2D eigenvalue weighted by Crippen LogP contribution is 2.17. The minimum atomic E-state index is -0.958. The first-order valence-electron chi connectivity index (χ1n) is 6.47. The van der Waals surface area contributed by atoms with Crippen molar-refractivity contribution in [2.45, 2.75) is 18.6 Å². The maximum atomic E-state index is 13.8. The van der Waals surface area contributed by atoms with Crippen LogP contribution in [-0.4, -0.2) is 34.2 Å². The Morgan fingerprint density at radius 3 is 2.82 bits per heavy atom. The van der Waals surface area contributed by atoms with E-state index in [4.69, 9.17) is 5.41 Å². The maximum absolute atomic E-state index is 13.8. The first-order chi connectivity index (χ1) is 10.5. The van der Waals surface area contributed by atoms with Gasteiger partial charge in [0.05, 0.1) is 13.2 Å². The number of nitrogens with one attached hydrogen (secondary N) is 1. The molecule has 1 N–H and O–H groups in total. The summed E-state index contributed by atoms with van der Waals surface area (Å²) in [5.74, 6) is -2.28. The van der Waals surface area contributed by atoms with E-state index in [1.165, 1.54) is 16.7 Å². The van der Waals surface area contributed by atoms with Gasteiger partial charge in [0.15, 0.2) is 5.16 Å². The average Bonchev–Trinajstić information content (AvgIpc) is 2.50. The van der Waals surface area contributed by atoms with Crippen LogP contribution in [-0.2, 0) is 20.9 Å². The molecule has 0 atom stereocenters. The zero-order chi connectivity index (χ0) is 16.3. The van der Waals surface area contributed by atoms with E-state index < -0.39 is 17.6 Å². The predicted molar refractivity (Wildman–Crippen MR) is 79.0 cm³/mol. The number of aromatic nitrogens is 2. The lowest BCUT2D eigenvalue weighted by molar-refractivity contribution is -0.153. The number of carbonyl (C=O) groups is 2. The van der Waals surface area contributed by atoms with Crippen molar-refractivity contribution in [3.63, 3.8) is 0 Å². The molecule has 1 aromatic heterocycles. The van der Waals surface area contributed by atoms with Gasteiger partial charge in [0.25, 0.3) is 5.78 Å². The molecule has 0 amide bonds. The number of para-hydroxylation sites is 1. The lowest BCUT2D eigenvalue weighted by Gasteiger charge is -2.12. The molecule has 0 aliphatic rings. The highest BCUT2D eigenvalue weighted by molar-refractivity contribution is 7.98. The highest BCUT2D eigenvalue weighted by Gasteiger charge is 2.19. The zero-order valence-electron chi connectivity index (χ0n) is 12.1. The van der Waals surface area contributed by atoms with Crippen molar-refractivity contribution < 1.29 is 18.7 Å². The van der Waals surface area contributed by atoms with Crippen molar-refractivity contribution in [3.05, 3.63) is 29.5 Å². The number of halogens is 1. The molecule has 0 saturated carbocycles. The van der Waals surface area contributed by atoms with Crippen molar-refractivity contribution in [1.82, 2.24) is 9.55 Å². The van der Waals surface area contributed by atoms with Crippen LogP contribution < -0.4 is 5.49 Å². The summed E-state index contributed by atoms with van der Waals surface area (Å²) in [4.78, 5) is 27.4. The van der Waals surface area contributed by atoms with Crippen LogP contribution in [0.4, 0.5) is 4.39 Å². The van der Waals surface area contributed by atoms with E-state index in [9.17, 15) is 14.0 Å². The first-order valence-corrected chi connectivity index (χ1v) is 7.69. The number of carbonyl (C=O) groups excluding carboxylic acids is 2. The van der Waals surface area contributed by atoms with Gasteiger partial charge in [0.2, 0.25) is 0 Å². The fourth-order valence-electron chi connectivity index (χ4n) is 1.94. The summed E-state index contributed by atoms with van der Waals surface area (Å²) in [5.41, 5.74) is -0.0109. The summed E-state index contributed by atoms with van der Waals surface area (Å²) < 4.78 is 19.7. The van der Waals surface area contributed by atoms with E-state index >= 15 is 0 Å². The Hall–Kier alpha value is -2.22. The van der Waals surface area contributed by atoms with Gasteiger partial charge in [0, 0.05) is 5.39 Å². The lowest BCUT2D eigenvalue weighted by Crippen LogP contribution is -2.31. The van der Waals surface area contributed by atoms with Gasteiger partial charge < -0.3 is 4.74 Å². The van der Waals surface area contributed by atoms with Gasteiger partial charge in [0.1, 0.15) is 16.8 Å². The quantitative estimate of drug-likeness (QED) is 0.390. The average molecular weight is 323 g/mol. The largest absolute Gasteiger partial charge is 0.460 e. The normalized spacial score (nSPS) is 10.7. The van der Waals surface area contributed by atoms with Gasteiger partial charge >= 0.3 is 5.97 Å². The molecule has 1 heterocycles. The van der Waals surface area contributed by atoms with E-state index in [0.717, 1.165) is 11.8 Å². The number of hydrogen-bond acceptors (Lipinski definition) is 6. The third kappa shape index (κ3) is 3.01. The molecule has 0 spiro atoms. The van der Waals surface area contributed by atoms with Gasteiger partial charge in [-0.2, -0.15) is 0 Å². The minimum Gasteiger partial charge on any atom is -0.460 e. The minimum absolute atomic E-state index is 0.0664. The molecule has 0 bridgehead atoms. The zero-order valence-corrected chi connectivity index (χ0v) is 12.9. The second kappa shape index (κ2) is 6.69. The van der Waals surface area contributed by atoms with Crippen LogP contribution in [0.15, 0.2) is 23.4 Å². The van der Waals surface area contributed by atoms with Gasteiger partial charge in [-0.25, -0.2) is 14.2 Å². The summed E-state index contributed by atoms with van der Waals surface area (Å²) in [6, 6.07) is 4.27. The first kappa shape index (κ1) is 16.2. The summed E-state index contributed by atoms with van der Waals surface area (Å²) in [6.45, 7) is 1.33. The molecule has 22 heavy (non-hydrogen) atoms. The Balaban J connectivity index is 2.54. The monoisotopic (exact) mass is 323 g/mol. The smallest absolute Gasteiger partial charge is 0.376 e. The van der Waals surface area contributed by atoms with Gasteiger partial charge in [-0.05, 0) is 25.3 Å². The van der Waals surface area contributed by atoms with Crippen LogP contribution in [0, 0.1) is 11.2 Å². The van der Waals surface area contributed by atoms with Crippen LogP contribution in [0.2, 0.25) is 0 Å². The number of ether oxygens (including phenoxy) is 1. The van der Waals surface area contributed by atoms with Crippen LogP contribution in [0.25, 0.3) is 10.9 Å². The molecule has 0 radical (unpaired) electrons. The molecule has 0 aliphatic carbocycles. The molecule has 0 saturated heterocycles. The third-order valence-electron chi connectivity index (χ3n) is 2.94. The number of thioether (sulfide) groups is 1. The van der Waals surface area contributed by atoms with Crippen LogP contribution in [0.3, 0.4) is 0 Å². The molecule has 2 aromatic rings. The molecule has 1 aromatic carbocycles. The Bertz CT molecular complexity index is 804. The molecule has 0 unspecified atom stereocenters. The number of benzene rings is 1. The number of esters is 1. The molecule has 0 fully saturated rings. The number of rotatable bonds is 5. The summed E-state index contributed by atoms with van der Waals surface area (Å²) >= 11 is 1.16. The summed E-state index contributed by atoms with van der Waals surface area (Å²) in [6.07, 6.45) is 1.69. The Labute approximate surface area is 129 Å². The van der Waals surface area contributed by atoms with Crippen molar-refractivity contribution in [3.8, 4) is 0 Å². The second-order valence-electron chi connectivity index (χ2n) is 4.31. The van der Waals surface area contributed by atoms with Crippen molar-refractivity contribution in [2.75, 3.05) is 12.9 Å². The van der Waals surface area contributed by atoms with Crippen LogP contribution in [0.5, 0.6) is 0 Å². The van der Waals surface area contributed by atoms with E-state index in [0.29, 0.717) is 0 Å². The molecular weight excluding hydrogens is 309 g/mol. The van der Waals surface area contributed by atoms with E-state index in [1.807, 2.05) is 0 Å². The number of nitrogens with zero attached hydrogens (tertiary/aromatic N) is 2. The fraction of sp³-hybridized carbons (Fsp3) is 0.286. The van der Waals surface area contributed by atoms with E-state index in [1.54, 1.807) is 19.2 Å². The summed E-state index contributed by atoms with van der Waals surface area (Å²) in [5, 5.41) is 8.71. The Morgan fingerprint density at radius 2 is 2.18 bits per heavy atom. The number of hydrogen-bond donors (Lipinski definition) is 1. The standard InChI is InChI=1S/C14H14FN3O3S/c1-3-21-13(20)10(19)7-18-12(16)8-5-4-6-9(15)11(8)17-14(18)22-2/h4-6,16H,3,7H2,1-2H3. The van der Waals surface area contributed by atoms with Crippen molar-refractivity contribution in [2.24, 2.45) is 0 Å². The number of Topliss-reactive ketones (excluding diaryl/α,β-unsaturated/α-hetero) is 1. The number of ketones is 1. The molecule has 8 heteroatoms. The highest BCUT2D eigenvalue weighted by atomic mass is 32.2. The van der Waals surface area contributed by atoms with Crippen molar-refractivity contribution in [1.29, 1.82) is 5.41 Å². The van der Waals surface area contributed by atoms with E-state index in [2.05, 4.69) is 9.72 Å². The van der Waals surface area contributed by atoms with Crippen LogP contribution in [0.1, 0.15) is 6.92 Å². The lowest BCUT2D eigenvalue weighted by atomic mass is 10.2. The third-order valence-corrected chi connectivity index (χ3v) is 3.61. The molecule has 116 valence electrons. The van der Waals surface area contributed by atoms with Gasteiger partial charge in [-0.3, -0.25) is 14.8 Å². The number of fused-ring (bicyclic) bond motifs is 1. The molecular formula is C14H14FN3O3S. The topological polar surface area (TPSA) is 85.0 Å².